The Morgan fingerprint density at radius 1 is 1.42 bits per heavy atom. The van der Waals surface area contributed by atoms with Gasteiger partial charge in [0.15, 0.2) is 0 Å². The van der Waals surface area contributed by atoms with E-state index < -0.39 is 0 Å². The quantitative estimate of drug-likeness (QED) is 0.408. The summed E-state index contributed by atoms with van der Waals surface area (Å²) in [7, 11) is 0. The molecule has 12 heavy (non-hydrogen) atoms. The maximum absolute atomic E-state index is 11.5. The van der Waals surface area contributed by atoms with Crippen LogP contribution in [0.25, 0.3) is 0 Å². The Hall–Kier alpha value is -1.00. The van der Waals surface area contributed by atoms with Crippen molar-refractivity contribution in [3.05, 3.63) is 34.5 Å². The summed E-state index contributed by atoms with van der Waals surface area (Å²) >= 11 is 1.41. The van der Waals surface area contributed by atoms with Crippen LogP contribution in [0.5, 0.6) is 0 Å². The van der Waals surface area contributed by atoms with Crippen molar-refractivity contribution in [2.24, 2.45) is 5.84 Å². The van der Waals surface area contributed by atoms with Crippen molar-refractivity contribution in [2.45, 2.75) is 4.90 Å². The molecular weight excluding hydrogens is 172 g/mol. The summed E-state index contributed by atoms with van der Waals surface area (Å²) in [4.78, 5) is 12.2. The third-order valence-electron chi connectivity index (χ3n) is 1.47. The summed E-state index contributed by atoms with van der Waals surface area (Å²) in [6.07, 6.45) is 1.86. The van der Waals surface area contributed by atoms with Gasteiger partial charge in [-0.1, -0.05) is 12.1 Å². The van der Waals surface area contributed by atoms with Crippen LogP contribution in [0.4, 0.5) is 5.69 Å². The zero-order valence-corrected chi connectivity index (χ0v) is 7.52. The number of hydrogen-bond donors (Lipinski definition) is 2. The molecule has 0 unspecified atom stereocenters. The molecule has 1 aromatic rings. The standard InChI is InChI=1S/C8H10N2OS/c1-12-7-5-3-2-4-6(10-9)8(7)11/h2-5H,9H2,1H3,(H,10,11). The van der Waals surface area contributed by atoms with Gasteiger partial charge in [0.25, 0.3) is 0 Å². The summed E-state index contributed by atoms with van der Waals surface area (Å²) in [5.74, 6) is 5.17. The van der Waals surface area contributed by atoms with Gasteiger partial charge in [0.1, 0.15) is 0 Å². The van der Waals surface area contributed by atoms with E-state index in [1.165, 1.54) is 11.8 Å². The Morgan fingerprint density at radius 2 is 2.08 bits per heavy atom. The van der Waals surface area contributed by atoms with Crippen molar-refractivity contribution in [2.75, 3.05) is 11.7 Å². The molecule has 0 radical (unpaired) electrons. The molecule has 0 aromatic heterocycles. The molecular formula is C8H10N2OS. The summed E-state index contributed by atoms with van der Waals surface area (Å²) < 4.78 is 0. The highest BCUT2D eigenvalue weighted by Crippen LogP contribution is 2.09. The van der Waals surface area contributed by atoms with Crippen LogP contribution >= 0.6 is 11.8 Å². The zero-order chi connectivity index (χ0) is 8.97. The molecule has 0 fully saturated rings. The third-order valence-corrected chi connectivity index (χ3v) is 2.23. The average molecular weight is 182 g/mol. The van der Waals surface area contributed by atoms with Crippen molar-refractivity contribution in [3.8, 4) is 0 Å². The first-order valence-electron chi connectivity index (χ1n) is 3.43. The van der Waals surface area contributed by atoms with E-state index in [1.807, 2.05) is 12.3 Å². The summed E-state index contributed by atoms with van der Waals surface area (Å²) in [6.45, 7) is 0. The molecule has 0 bridgehead atoms. The molecule has 0 spiro atoms. The molecule has 4 heteroatoms. The first-order valence-corrected chi connectivity index (χ1v) is 4.66. The number of nitrogen functional groups attached to an aromatic ring is 1. The van der Waals surface area contributed by atoms with Gasteiger partial charge in [0, 0.05) is 0 Å². The number of nitrogens with one attached hydrogen (secondary N) is 1. The van der Waals surface area contributed by atoms with E-state index in [0.717, 1.165) is 0 Å². The third kappa shape index (κ3) is 1.78. The first-order chi connectivity index (χ1) is 5.79. The molecule has 0 amide bonds. The molecule has 3 nitrogen and oxygen atoms in total. The smallest absolute Gasteiger partial charge is 0.216 e. The number of anilines is 1. The normalized spacial score (nSPS) is 9.50. The zero-order valence-electron chi connectivity index (χ0n) is 6.70. The van der Waals surface area contributed by atoms with Gasteiger partial charge in [-0.25, -0.2) is 0 Å². The maximum Gasteiger partial charge on any atom is 0.216 e. The molecule has 0 aliphatic carbocycles. The minimum Gasteiger partial charge on any atom is -0.321 e. The predicted octanol–water partition coefficient (Wildman–Crippen LogP) is 1.05. The highest BCUT2D eigenvalue weighted by Gasteiger charge is 1.98. The second-order valence-corrected chi connectivity index (χ2v) is 3.02. The monoisotopic (exact) mass is 182 g/mol. The lowest BCUT2D eigenvalue weighted by atomic mass is 10.4. The molecule has 0 aliphatic heterocycles. The first kappa shape index (κ1) is 9.09. The second kappa shape index (κ2) is 4.13. The molecule has 1 rings (SSSR count). The van der Waals surface area contributed by atoms with Gasteiger partial charge in [0.05, 0.1) is 10.6 Å². The number of nitrogens with two attached hydrogens (primary N) is 1. The van der Waals surface area contributed by atoms with Crippen LogP contribution in [0.2, 0.25) is 0 Å². The molecule has 64 valence electrons. The van der Waals surface area contributed by atoms with Gasteiger partial charge >= 0.3 is 0 Å². The molecule has 1 aromatic carbocycles. The van der Waals surface area contributed by atoms with Crippen molar-refractivity contribution in [1.82, 2.24) is 0 Å². The minimum absolute atomic E-state index is 0.0602. The Kier molecular flexibility index (Phi) is 3.13. The summed E-state index contributed by atoms with van der Waals surface area (Å²) in [5.41, 5.74) is 2.72. The van der Waals surface area contributed by atoms with Gasteiger partial charge < -0.3 is 5.43 Å². The molecule has 3 N–H and O–H groups in total. The van der Waals surface area contributed by atoms with E-state index in [-0.39, 0.29) is 5.43 Å². The Morgan fingerprint density at radius 3 is 2.67 bits per heavy atom. The largest absolute Gasteiger partial charge is 0.321 e. The molecule has 0 atom stereocenters. The van der Waals surface area contributed by atoms with Crippen molar-refractivity contribution in [1.29, 1.82) is 0 Å². The maximum atomic E-state index is 11.5. The van der Waals surface area contributed by atoms with E-state index in [0.29, 0.717) is 10.6 Å². The van der Waals surface area contributed by atoms with E-state index in [9.17, 15) is 4.79 Å². The fraction of sp³-hybridized carbons (Fsp3) is 0.125. The van der Waals surface area contributed by atoms with Crippen molar-refractivity contribution in [3.63, 3.8) is 0 Å². The van der Waals surface area contributed by atoms with Gasteiger partial charge in [-0.15, -0.1) is 11.8 Å². The Balaban J connectivity index is 3.37. The lowest BCUT2D eigenvalue weighted by Crippen LogP contribution is -2.15. The predicted molar refractivity (Wildman–Crippen MR) is 52.3 cm³/mol. The second-order valence-electron chi connectivity index (χ2n) is 2.17. The fourth-order valence-electron chi connectivity index (χ4n) is 0.853. The van der Waals surface area contributed by atoms with Gasteiger partial charge in [-0.2, -0.15) is 0 Å². The summed E-state index contributed by atoms with van der Waals surface area (Å²) in [5, 5.41) is 0. The van der Waals surface area contributed by atoms with E-state index in [1.54, 1.807) is 18.2 Å². The van der Waals surface area contributed by atoms with Crippen molar-refractivity contribution < 1.29 is 0 Å². The van der Waals surface area contributed by atoms with Crippen LogP contribution in [0.15, 0.2) is 34.0 Å². The number of hydrogen-bond acceptors (Lipinski definition) is 4. The van der Waals surface area contributed by atoms with Crippen LogP contribution in [-0.2, 0) is 0 Å². The molecule has 0 saturated heterocycles. The highest BCUT2D eigenvalue weighted by atomic mass is 32.2. The van der Waals surface area contributed by atoms with E-state index in [4.69, 9.17) is 5.84 Å². The number of rotatable bonds is 2. The van der Waals surface area contributed by atoms with Crippen molar-refractivity contribution >= 4 is 17.4 Å². The van der Waals surface area contributed by atoms with E-state index >= 15 is 0 Å². The fourth-order valence-corrected chi connectivity index (χ4v) is 1.36. The van der Waals surface area contributed by atoms with Crippen LogP contribution in [0.1, 0.15) is 0 Å². The molecule has 0 saturated carbocycles. The lowest BCUT2D eigenvalue weighted by Gasteiger charge is -1.93. The summed E-state index contributed by atoms with van der Waals surface area (Å²) in [6, 6.07) is 7.01. The van der Waals surface area contributed by atoms with Crippen LogP contribution < -0.4 is 16.7 Å². The van der Waals surface area contributed by atoms with Gasteiger partial charge in [-0.3, -0.25) is 10.6 Å². The Labute approximate surface area is 75.0 Å². The van der Waals surface area contributed by atoms with Crippen LogP contribution in [0.3, 0.4) is 0 Å². The number of thioether (sulfide) groups is 1. The highest BCUT2D eigenvalue weighted by molar-refractivity contribution is 7.98. The van der Waals surface area contributed by atoms with Crippen LogP contribution in [0, 0.1) is 0 Å². The SMILES string of the molecule is CSc1ccccc(NN)c1=O. The topological polar surface area (TPSA) is 55.1 Å². The molecule has 0 heterocycles. The van der Waals surface area contributed by atoms with Gasteiger partial charge in [0.2, 0.25) is 5.43 Å². The minimum atomic E-state index is -0.0602. The number of hydrazine groups is 1. The van der Waals surface area contributed by atoms with Gasteiger partial charge in [-0.05, 0) is 18.4 Å². The lowest BCUT2D eigenvalue weighted by molar-refractivity contribution is 1.30. The average Bonchev–Trinajstić information content (AvgIpc) is 2.27. The van der Waals surface area contributed by atoms with E-state index in [2.05, 4.69) is 5.43 Å². The molecule has 0 aliphatic rings. The Bertz CT molecular complexity index is 297. The van der Waals surface area contributed by atoms with Crippen LogP contribution in [-0.4, -0.2) is 6.26 Å².